The van der Waals surface area contributed by atoms with Gasteiger partial charge in [0, 0.05) is 6.16 Å². The lowest BCUT2D eigenvalue weighted by atomic mass is 9.10. The monoisotopic (exact) mass is 736 g/mol. The van der Waals surface area contributed by atoms with Gasteiger partial charge in [0.15, 0.2) is 34.9 Å². The molecule has 3 fully saturated rings. The van der Waals surface area contributed by atoms with Gasteiger partial charge in [-0.3, -0.25) is 0 Å². The minimum atomic E-state index is -3.87. The van der Waals surface area contributed by atoms with Crippen LogP contribution in [0.25, 0.3) is 0 Å². The molecule has 0 N–H and O–H groups in total. The zero-order chi connectivity index (χ0) is 37.2. The van der Waals surface area contributed by atoms with Gasteiger partial charge in [-0.2, -0.15) is 0 Å². The molecule has 7 rings (SSSR count). The highest BCUT2D eigenvalue weighted by Crippen LogP contribution is 2.79. The molecule has 12 heteroatoms. The molecule has 4 atom stereocenters. The minimum Gasteiger partial charge on any atom is -0.207 e. The Morgan fingerprint density at radius 3 is 1.20 bits per heavy atom. The molecule has 0 radical (unpaired) electrons. The van der Waals surface area contributed by atoms with Gasteiger partial charge in [0.25, 0.3) is 0 Å². The van der Waals surface area contributed by atoms with Crippen LogP contribution in [0.2, 0.25) is 12.1 Å². The standard InChI is InChI=1S/C39H36BF10P/c1-16-11-18(3)37(19(4)12-16)51(38-20(5)13-17(2)14-21(38)6)10-9-40(24-22-7-8-23(15-22)39(24)51,25-27(41)31(45)35(49)32(46)28(25)42)26-29(43)33(47)36(50)34(48)30(26)44/h11-14,22-24,39H,7-10,15H2,1-6H3/t22-,23+,24+,39-/m0/s1. The van der Waals surface area contributed by atoms with E-state index in [4.69, 9.17) is 0 Å². The van der Waals surface area contributed by atoms with Crippen molar-refractivity contribution in [3.05, 3.63) is 116 Å². The second kappa shape index (κ2) is 12.1. The first-order valence-corrected chi connectivity index (χ1v) is 19.2. The summed E-state index contributed by atoms with van der Waals surface area (Å²) >= 11 is 0. The van der Waals surface area contributed by atoms with Gasteiger partial charge in [-0.15, -0.1) is 23.1 Å². The van der Waals surface area contributed by atoms with E-state index < -0.39 is 106 Å². The fourth-order valence-corrected chi connectivity index (χ4v) is 19.0. The van der Waals surface area contributed by atoms with Crippen molar-refractivity contribution in [3.63, 3.8) is 0 Å². The van der Waals surface area contributed by atoms with Gasteiger partial charge in [0.2, 0.25) is 0 Å². The molecule has 2 bridgehead atoms. The normalized spacial score (nSPS) is 23.2. The molecule has 4 aromatic carbocycles. The molecular weight excluding hydrogens is 700 g/mol. The van der Waals surface area contributed by atoms with Crippen LogP contribution in [0.3, 0.4) is 0 Å². The number of halogens is 10. The molecule has 0 nitrogen and oxygen atoms in total. The smallest absolute Gasteiger partial charge is 0.200 e. The summed E-state index contributed by atoms with van der Waals surface area (Å²) < 4.78 is 156. The molecule has 270 valence electrons. The maximum absolute atomic E-state index is 16.3. The molecule has 1 heterocycles. The molecule has 0 unspecified atom stereocenters. The SMILES string of the molecule is Cc1cc(C)c([P+]2(c3c(C)cc(C)cc3C)CC[B-](c3c(F)c(F)c(F)c(F)c3F)(c3c(F)c(F)c(F)c(F)c3F)[C@@H]3[C@H]4CC[C@H](C4)[C@@H]32)c(C)c1. The van der Waals surface area contributed by atoms with E-state index in [0.29, 0.717) is 19.3 Å². The largest absolute Gasteiger partial charge is 0.207 e. The average Bonchev–Trinajstić information content (AvgIpc) is 3.69. The highest BCUT2D eigenvalue weighted by Gasteiger charge is 2.70. The molecule has 51 heavy (non-hydrogen) atoms. The van der Waals surface area contributed by atoms with Gasteiger partial charge in [0.1, 0.15) is 33.9 Å². The Hall–Kier alpha value is -3.33. The van der Waals surface area contributed by atoms with Crippen molar-refractivity contribution < 1.29 is 43.9 Å². The minimum absolute atomic E-state index is 0.0220. The Bertz CT molecular complexity index is 1930. The van der Waals surface area contributed by atoms with E-state index in [2.05, 4.69) is 0 Å². The van der Waals surface area contributed by atoms with Gasteiger partial charge < -0.3 is 0 Å². The molecule has 1 aliphatic heterocycles. The van der Waals surface area contributed by atoms with Crippen LogP contribution in [0.1, 0.15) is 52.6 Å². The highest BCUT2D eigenvalue weighted by atomic mass is 31.2. The summed E-state index contributed by atoms with van der Waals surface area (Å²) in [5.74, 6) is -25.5. The summed E-state index contributed by atoms with van der Waals surface area (Å²) in [4.78, 5) is 0. The molecular formula is C39H36BF10P. The first-order valence-electron chi connectivity index (χ1n) is 17.2. The zero-order valence-electron chi connectivity index (χ0n) is 29.0. The number of hydrogen-bond acceptors (Lipinski definition) is 0. The molecule has 4 aromatic rings. The second-order valence-corrected chi connectivity index (χ2v) is 19.0. The van der Waals surface area contributed by atoms with E-state index in [-0.39, 0.29) is 12.1 Å². The molecule has 0 amide bonds. The topological polar surface area (TPSA) is 0 Å². The van der Waals surface area contributed by atoms with Crippen molar-refractivity contribution in [1.82, 2.24) is 0 Å². The van der Waals surface area contributed by atoms with Crippen LogP contribution in [0.5, 0.6) is 0 Å². The summed E-state index contributed by atoms with van der Waals surface area (Å²) in [6, 6.07) is 8.08. The van der Waals surface area contributed by atoms with Crippen molar-refractivity contribution >= 4 is 34.9 Å². The van der Waals surface area contributed by atoms with Gasteiger partial charge in [-0.05, 0) is 82.6 Å². The van der Waals surface area contributed by atoms with Crippen LogP contribution in [0.15, 0.2) is 24.3 Å². The number of hydrogen-bond donors (Lipinski definition) is 0. The summed E-state index contributed by atoms with van der Waals surface area (Å²) in [5.41, 5.74) is 2.07. The van der Waals surface area contributed by atoms with Gasteiger partial charge in [0.05, 0.1) is 19.1 Å². The Morgan fingerprint density at radius 2 is 0.824 bits per heavy atom. The summed E-state index contributed by atoms with van der Waals surface area (Å²) in [7, 11) is -2.88. The van der Waals surface area contributed by atoms with Crippen LogP contribution in [-0.2, 0) is 0 Å². The zero-order valence-corrected chi connectivity index (χ0v) is 29.9. The predicted molar refractivity (Wildman–Crippen MR) is 183 cm³/mol. The summed E-state index contributed by atoms with van der Waals surface area (Å²) in [6.45, 7) is 11.7. The van der Waals surface area contributed by atoms with Crippen LogP contribution < -0.4 is 21.5 Å². The number of fused-ring (bicyclic) bond motifs is 5. The van der Waals surface area contributed by atoms with E-state index in [1.54, 1.807) is 0 Å². The fraction of sp³-hybridized carbons (Fsp3) is 0.385. The van der Waals surface area contributed by atoms with Crippen LogP contribution in [-0.4, -0.2) is 18.0 Å². The van der Waals surface area contributed by atoms with Crippen molar-refractivity contribution in [2.24, 2.45) is 11.8 Å². The molecule has 3 aliphatic rings. The molecule has 1 saturated heterocycles. The number of rotatable bonds is 4. The second-order valence-electron chi connectivity index (χ2n) is 15.4. The first-order chi connectivity index (χ1) is 23.9. The molecule has 0 spiro atoms. The van der Waals surface area contributed by atoms with Crippen LogP contribution >= 0.6 is 7.26 Å². The van der Waals surface area contributed by atoms with E-state index in [1.165, 1.54) is 0 Å². The van der Waals surface area contributed by atoms with Crippen molar-refractivity contribution in [3.8, 4) is 0 Å². The van der Waals surface area contributed by atoms with Crippen molar-refractivity contribution in [2.45, 2.75) is 78.6 Å². The fourth-order valence-electron chi connectivity index (χ4n) is 11.7. The van der Waals surface area contributed by atoms with Crippen LogP contribution in [0, 0.1) is 112 Å². The first kappa shape index (κ1) is 36.1. The Kier molecular flexibility index (Phi) is 8.56. The number of aryl methyl sites for hydroxylation is 6. The van der Waals surface area contributed by atoms with E-state index in [0.717, 1.165) is 44.0 Å². The summed E-state index contributed by atoms with van der Waals surface area (Å²) in [5, 5.41) is 1.98. The van der Waals surface area contributed by atoms with Gasteiger partial charge >= 0.3 is 0 Å². The molecule has 2 saturated carbocycles. The summed E-state index contributed by atoms with van der Waals surface area (Å²) in [6.07, 6.45) is -3.03. The maximum Gasteiger partial charge on any atom is 0.200 e. The maximum atomic E-state index is 16.3. The van der Waals surface area contributed by atoms with Crippen LogP contribution in [0.4, 0.5) is 43.9 Å². The Morgan fingerprint density at radius 1 is 0.490 bits per heavy atom. The third-order valence-electron chi connectivity index (χ3n) is 12.6. The third-order valence-corrected chi connectivity index (χ3v) is 18.4. The van der Waals surface area contributed by atoms with E-state index in [1.807, 2.05) is 65.8 Å². The molecule has 0 aromatic heterocycles. The molecule has 2 aliphatic carbocycles. The van der Waals surface area contributed by atoms with Gasteiger partial charge in [-0.1, -0.05) is 47.7 Å². The van der Waals surface area contributed by atoms with Gasteiger partial charge in [-0.25, -0.2) is 43.9 Å². The predicted octanol–water partition coefficient (Wildman–Crippen LogP) is 9.34. The van der Waals surface area contributed by atoms with Crippen molar-refractivity contribution in [2.75, 3.05) is 6.16 Å². The lowest BCUT2D eigenvalue weighted by Gasteiger charge is -2.60. The third kappa shape index (κ3) is 4.71. The van der Waals surface area contributed by atoms with E-state index >= 15 is 35.1 Å². The Balaban J connectivity index is 1.69. The lowest BCUT2D eigenvalue weighted by Crippen LogP contribution is -2.72. The quantitative estimate of drug-likeness (QED) is 0.0645. The average molecular weight is 736 g/mol. The van der Waals surface area contributed by atoms with E-state index in [9.17, 15) is 8.78 Å². The lowest BCUT2D eigenvalue weighted by molar-refractivity contribution is 0.379. The Labute approximate surface area is 290 Å². The number of benzene rings is 4. The highest BCUT2D eigenvalue weighted by molar-refractivity contribution is 7.91. The van der Waals surface area contributed by atoms with Crippen molar-refractivity contribution in [1.29, 1.82) is 0 Å².